The Kier molecular flexibility index (Phi) is 5.58. The molecule has 0 spiro atoms. The van der Waals surface area contributed by atoms with Crippen LogP contribution in [0.25, 0.3) is 0 Å². The van der Waals surface area contributed by atoms with Crippen LogP contribution in [0.3, 0.4) is 0 Å². The highest BCUT2D eigenvalue weighted by Crippen LogP contribution is 2.71. The normalized spacial score (nSPS) is 25.9. The third kappa shape index (κ3) is 3.57. The molecular weight excluding hydrogens is 434 g/mol. The van der Waals surface area contributed by atoms with Crippen molar-refractivity contribution in [1.29, 1.82) is 0 Å². The van der Waals surface area contributed by atoms with E-state index in [2.05, 4.69) is 37.3 Å². The summed E-state index contributed by atoms with van der Waals surface area (Å²) in [6.07, 6.45) is 1.84. The minimum absolute atomic E-state index is 0.0494. The molecule has 2 fully saturated rings. The molecule has 2 bridgehead atoms. The van der Waals surface area contributed by atoms with E-state index >= 15 is 0 Å². The van der Waals surface area contributed by atoms with Gasteiger partial charge in [0.25, 0.3) is 5.69 Å². The third-order valence-electron chi connectivity index (χ3n) is 8.18. The van der Waals surface area contributed by atoms with E-state index in [1.165, 1.54) is 18.2 Å². The van der Waals surface area contributed by atoms with Crippen molar-refractivity contribution in [1.82, 2.24) is 0 Å². The van der Waals surface area contributed by atoms with Gasteiger partial charge in [-0.15, -0.1) is 0 Å². The Morgan fingerprint density at radius 2 is 1.74 bits per heavy atom. The van der Waals surface area contributed by atoms with Crippen molar-refractivity contribution in [3.8, 4) is 0 Å². The summed E-state index contributed by atoms with van der Waals surface area (Å²) in [5.41, 5.74) is 1.91. The summed E-state index contributed by atoms with van der Waals surface area (Å²) < 4.78 is 0. The predicted molar refractivity (Wildman–Crippen MR) is 129 cm³/mol. The van der Waals surface area contributed by atoms with Gasteiger partial charge in [-0.1, -0.05) is 38.1 Å². The van der Waals surface area contributed by atoms with Crippen molar-refractivity contribution in [2.45, 2.75) is 53.9 Å². The van der Waals surface area contributed by atoms with E-state index in [-0.39, 0.29) is 17.2 Å². The molecule has 0 aliphatic heterocycles. The highest BCUT2D eigenvalue weighted by molar-refractivity contribution is 6.06. The van der Waals surface area contributed by atoms with Crippen LogP contribution < -0.4 is 5.32 Å². The lowest BCUT2D eigenvalue weighted by Gasteiger charge is -2.39. The number of hydrogen-bond donors (Lipinski definition) is 1. The molecule has 8 nitrogen and oxygen atoms in total. The second-order valence-electron chi connectivity index (χ2n) is 10.3. The molecule has 2 saturated carbocycles. The fourth-order valence-electron chi connectivity index (χ4n) is 5.72. The lowest BCUT2D eigenvalue weighted by molar-refractivity contribution is -0.384. The maximum absolute atomic E-state index is 13.6. The molecule has 2 aliphatic rings. The first-order chi connectivity index (χ1) is 15.9. The summed E-state index contributed by atoms with van der Waals surface area (Å²) in [6, 6.07) is 11.3. The molecule has 178 valence electrons. The molecule has 2 aromatic rings. The summed E-state index contributed by atoms with van der Waals surface area (Å²) in [7, 11) is 0. The van der Waals surface area contributed by atoms with Gasteiger partial charge < -0.3 is 10.2 Å². The number of nitrogens with one attached hydrogen (secondary N) is 1. The molecular formula is C26H29N3O5. The molecule has 1 N–H and O–H groups in total. The van der Waals surface area contributed by atoms with Gasteiger partial charge in [-0.3, -0.25) is 14.9 Å². The van der Waals surface area contributed by atoms with Crippen molar-refractivity contribution in [2.75, 3.05) is 5.32 Å². The first-order valence-corrected chi connectivity index (χ1v) is 11.3. The van der Waals surface area contributed by atoms with Gasteiger partial charge in [-0.25, -0.2) is 4.79 Å². The average Bonchev–Trinajstić information content (AvgIpc) is 3.07. The standard InChI is InChI=1S/C26H29N3O5/c1-16-11-17(2)13-19(12-16)27-23(31)26-10-9-25(5,24(26,3)4)21(15-26)28-34-22(30)18-7-6-8-20(14-18)29(32)33/h6-8,11-14H,9-10,15H2,1-5H3,(H,27,31)/b28-21-. The second-order valence-corrected chi connectivity index (χ2v) is 10.3. The topological polar surface area (TPSA) is 111 Å². The SMILES string of the molecule is Cc1cc(C)cc(NC(=O)C23CCC(C)(/C(=N\OC(=O)c4cccc([N+](=O)[O-])c4)C2)C3(C)C)c1. The molecule has 2 aromatic carbocycles. The van der Waals surface area contributed by atoms with Crippen molar-refractivity contribution in [3.05, 3.63) is 69.3 Å². The van der Waals surface area contributed by atoms with Crippen LogP contribution in [0.5, 0.6) is 0 Å². The molecule has 0 heterocycles. The Balaban J connectivity index is 1.59. The molecule has 8 heteroatoms. The van der Waals surface area contributed by atoms with Crippen LogP contribution in [0.15, 0.2) is 47.6 Å². The first-order valence-electron chi connectivity index (χ1n) is 11.3. The predicted octanol–water partition coefficient (Wildman–Crippen LogP) is 5.58. The molecule has 2 unspecified atom stereocenters. The van der Waals surface area contributed by atoms with Gasteiger partial charge in [-0.05, 0) is 61.4 Å². The molecule has 2 aliphatic carbocycles. The Labute approximate surface area is 198 Å². The van der Waals surface area contributed by atoms with Crippen LogP contribution in [0.4, 0.5) is 11.4 Å². The Morgan fingerprint density at radius 1 is 1.06 bits per heavy atom. The highest BCUT2D eigenvalue weighted by Gasteiger charge is 2.71. The lowest BCUT2D eigenvalue weighted by Crippen LogP contribution is -2.43. The number of non-ortho nitro benzene ring substituents is 1. The van der Waals surface area contributed by atoms with Crippen LogP contribution in [0, 0.1) is 40.2 Å². The minimum Gasteiger partial charge on any atom is -0.326 e. The van der Waals surface area contributed by atoms with Crippen molar-refractivity contribution in [3.63, 3.8) is 0 Å². The van der Waals surface area contributed by atoms with E-state index in [9.17, 15) is 19.7 Å². The molecule has 4 rings (SSSR count). The second kappa shape index (κ2) is 8.04. The summed E-state index contributed by atoms with van der Waals surface area (Å²) >= 11 is 0. The number of carbonyl (C=O) groups is 2. The smallest absolute Gasteiger partial charge is 0.326 e. The van der Waals surface area contributed by atoms with Crippen molar-refractivity contribution >= 4 is 29.0 Å². The van der Waals surface area contributed by atoms with Gasteiger partial charge in [0.05, 0.1) is 21.6 Å². The number of hydrogen-bond acceptors (Lipinski definition) is 6. The summed E-state index contributed by atoms with van der Waals surface area (Å²) in [6.45, 7) is 10.2. The highest BCUT2D eigenvalue weighted by atomic mass is 16.7. The Morgan fingerprint density at radius 3 is 2.38 bits per heavy atom. The van der Waals surface area contributed by atoms with Crippen LogP contribution in [0.1, 0.15) is 61.5 Å². The molecule has 0 saturated heterocycles. The quantitative estimate of drug-likeness (QED) is 0.353. The lowest BCUT2D eigenvalue weighted by atomic mass is 9.64. The van der Waals surface area contributed by atoms with E-state index in [4.69, 9.17) is 4.84 Å². The van der Waals surface area contributed by atoms with Crippen LogP contribution in [0.2, 0.25) is 0 Å². The minimum atomic E-state index is -0.769. The fourth-order valence-corrected chi connectivity index (χ4v) is 5.72. The third-order valence-corrected chi connectivity index (χ3v) is 8.18. The molecule has 1 amide bonds. The number of oxime groups is 1. The monoisotopic (exact) mass is 463 g/mol. The largest absolute Gasteiger partial charge is 0.365 e. The Bertz CT molecular complexity index is 1210. The summed E-state index contributed by atoms with van der Waals surface area (Å²) in [5, 5.41) is 18.3. The number of amides is 1. The van der Waals surface area contributed by atoms with Crippen LogP contribution in [-0.4, -0.2) is 22.5 Å². The van der Waals surface area contributed by atoms with E-state index in [1.54, 1.807) is 0 Å². The zero-order valence-electron chi connectivity index (χ0n) is 20.1. The fraction of sp³-hybridized carbons (Fsp3) is 0.423. The molecule has 0 radical (unpaired) electrons. The van der Waals surface area contributed by atoms with Gasteiger partial charge in [0.15, 0.2) is 0 Å². The molecule has 2 atom stereocenters. The first kappa shape index (κ1) is 23.6. The van der Waals surface area contributed by atoms with Gasteiger partial charge >= 0.3 is 5.97 Å². The maximum atomic E-state index is 13.6. The summed E-state index contributed by atoms with van der Waals surface area (Å²) in [4.78, 5) is 41.8. The van der Waals surface area contributed by atoms with Crippen LogP contribution in [-0.2, 0) is 9.63 Å². The number of aryl methyl sites for hydroxylation is 2. The van der Waals surface area contributed by atoms with Crippen LogP contribution >= 0.6 is 0 Å². The van der Waals surface area contributed by atoms with E-state index < -0.39 is 27.1 Å². The average molecular weight is 464 g/mol. The number of fused-ring (bicyclic) bond motifs is 2. The zero-order chi connectivity index (χ0) is 24.9. The summed E-state index contributed by atoms with van der Waals surface area (Å²) in [5.74, 6) is -0.824. The number of nitro benzene ring substituents is 1. The maximum Gasteiger partial charge on any atom is 0.365 e. The number of nitro groups is 1. The Hall–Kier alpha value is -3.55. The van der Waals surface area contributed by atoms with Gasteiger partial charge in [0, 0.05) is 29.7 Å². The number of nitrogens with zero attached hydrogens (tertiary/aromatic N) is 2. The van der Waals surface area contributed by atoms with Crippen molar-refractivity contribution < 1.29 is 19.3 Å². The van der Waals surface area contributed by atoms with E-state index in [0.717, 1.165) is 29.3 Å². The van der Waals surface area contributed by atoms with Gasteiger partial charge in [0.1, 0.15) is 0 Å². The molecule has 0 aromatic heterocycles. The van der Waals surface area contributed by atoms with E-state index in [1.807, 2.05) is 26.0 Å². The number of rotatable bonds is 5. The van der Waals surface area contributed by atoms with Crippen molar-refractivity contribution in [2.24, 2.45) is 21.4 Å². The number of benzene rings is 2. The van der Waals surface area contributed by atoms with E-state index in [0.29, 0.717) is 18.6 Å². The molecule has 34 heavy (non-hydrogen) atoms. The number of carbonyl (C=O) groups excluding carboxylic acids is 2. The number of anilines is 1. The van der Waals surface area contributed by atoms with Gasteiger partial charge in [0.2, 0.25) is 5.91 Å². The van der Waals surface area contributed by atoms with Gasteiger partial charge in [-0.2, -0.15) is 0 Å². The zero-order valence-corrected chi connectivity index (χ0v) is 20.1.